The van der Waals surface area contributed by atoms with E-state index >= 15 is 0 Å². The van der Waals surface area contributed by atoms with Crippen LogP contribution in [0.1, 0.15) is 39.2 Å². The van der Waals surface area contributed by atoms with E-state index in [9.17, 15) is 12.8 Å². The summed E-state index contributed by atoms with van der Waals surface area (Å²) in [5.41, 5.74) is 0.649. The van der Waals surface area contributed by atoms with Crippen LogP contribution in [0.2, 0.25) is 0 Å². The Bertz CT molecular complexity index is 621. The van der Waals surface area contributed by atoms with Gasteiger partial charge in [-0.1, -0.05) is 26.0 Å². The van der Waals surface area contributed by atoms with Crippen molar-refractivity contribution in [3.63, 3.8) is 0 Å². The second kappa shape index (κ2) is 5.36. The van der Waals surface area contributed by atoms with E-state index in [2.05, 4.69) is 5.32 Å². The van der Waals surface area contributed by atoms with E-state index in [1.165, 1.54) is 18.4 Å². The summed E-state index contributed by atoms with van der Waals surface area (Å²) < 4.78 is 36.6. The number of rotatable bonds is 6. The van der Waals surface area contributed by atoms with Crippen LogP contribution in [-0.4, -0.2) is 32.0 Å². The summed E-state index contributed by atoms with van der Waals surface area (Å²) in [7, 11) is -3.05. The summed E-state index contributed by atoms with van der Waals surface area (Å²) in [6.07, 6.45) is 2.76. The molecule has 0 aliphatic heterocycles. The largest absolute Gasteiger partial charge is 0.312 e. The van der Waals surface area contributed by atoms with Crippen molar-refractivity contribution in [3.05, 3.63) is 35.6 Å². The number of hydrogen-bond acceptors (Lipinski definition) is 3. The molecule has 1 fully saturated rings. The van der Waals surface area contributed by atoms with Crippen LogP contribution in [0, 0.1) is 5.82 Å². The third-order valence-electron chi connectivity index (χ3n) is 4.73. The molecule has 1 N–H and O–H groups in total. The van der Waals surface area contributed by atoms with E-state index in [0.29, 0.717) is 6.54 Å². The van der Waals surface area contributed by atoms with Gasteiger partial charge in [-0.2, -0.15) is 0 Å². The Balaban J connectivity index is 2.06. The minimum absolute atomic E-state index is 0.0969. The molecule has 0 spiro atoms. The van der Waals surface area contributed by atoms with Gasteiger partial charge in [0.2, 0.25) is 0 Å². The summed E-state index contributed by atoms with van der Waals surface area (Å²) in [6, 6.07) is 6.47. The molecule has 2 rings (SSSR count). The molecule has 1 aliphatic carbocycles. The molecule has 1 aromatic carbocycles. The van der Waals surface area contributed by atoms with Crippen molar-refractivity contribution >= 4 is 9.84 Å². The lowest BCUT2D eigenvalue weighted by molar-refractivity contribution is 0.410. The Morgan fingerprint density at radius 3 is 2.48 bits per heavy atom. The number of benzene rings is 1. The molecule has 0 aromatic heterocycles. The van der Waals surface area contributed by atoms with Crippen LogP contribution in [0.5, 0.6) is 0 Å². The van der Waals surface area contributed by atoms with Gasteiger partial charge in [0.15, 0.2) is 9.84 Å². The van der Waals surface area contributed by atoms with E-state index in [1.54, 1.807) is 6.07 Å². The van der Waals surface area contributed by atoms with E-state index < -0.39 is 14.6 Å². The molecule has 5 heteroatoms. The monoisotopic (exact) mass is 313 g/mol. The first-order chi connectivity index (χ1) is 9.58. The highest BCUT2D eigenvalue weighted by Gasteiger charge is 2.56. The zero-order chi connectivity index (χ0) is 15.9. The molecule has 3 nitrogen and oxygen atoms in total. The SMILES string of the molecule is CC(NCC(C)(C)c1cccc(F)c1)C1(S(C)(=O)=O)CC1. The first-order valence-electron chi connectivity index (χ1n) is 7.27. The fourth-order valence-electron chi connectivity index (χ4n) is 2.85. The molecule has 0 bridgehead atoms. The van der Waals surface area contributed by atoms with Crippen molar-refractivity contribution in [1.29, 1.82) is 0 Å². The molecule has 21 heavy (non-hydrogen) atoms. The van der Waals surface area contributed by atoms with Crippen molar-refractivity contribution in [2.45, 2.75) is 49.8 Å². The topological polar surface area (TPSA) is 46.2 Å². The highest BCUT2D eigenvalue weighted by Crippen LogP contribution is 2.46. The third-order valence-corrected chi connectivity index (χ3v) is 6.97. The van der Waals surface area contributed by atoms with Crippen LogP contribution in [-0.2, 0) is 15.3 Å². The average molecular weight is 313 g/mol. The zero-order valence-corrected chi connectivity index (χ0v) is 13.9. The first-order valence-corrected chi connectivity index (χ1v) is 9.17. The van der Waals surface area contributed by atoms with Crippen molar-refractivity contribution in [2.75, 3.05) is 12.8 Å². The second-order valence-electron chi connectivity index (χ2n) is 6.83. The number of nitrogens with one attached hydrogen (secondary N) is 1. The maximum absolute atomic E-state index is 13.4. The second-order valence-corrected chi connectivity index (χ2v) is 9.19. The molecule has 0 heterocycles. The Morgan fingerprint density at radius 1 is 1.38 bits per heavy atom. The van der Waals surface area contributed by atoms with Crippen LogP contribution >= 0.6 is 0 Å². The molecule has 1 unspecified atom stereocenters. The average Bonchev–Trinajstić information content (AvgIpc) is 3.17. The van der Waals surface area contributed by atoms with Crippen LogP contribution in [0.15, 0.2) is 24.3 Å². The maximum Gasteiger partial charge on any atom is 0.154 e. The van der Waals surface area contributed by atoms with Crippen molar-refractivity contribution in [1.82, 2.24) is 5.32 Å². The molecule has 0 radical (unpaired) electrons. The summed E-state index contributed by atoms with van der Waals surface area (Å²) in [4.78, 5) is 0. The van der Waals surface area contributed by atoms with Crippen molar-refractivity contribution in [2.24, 2.45) is 0 Å². The Morgan fingerprint density at radius 2 is 2.00 bits per heavy atom. The molecule has 1 saturated carbocycles. The van der Waals surface area contributed by atoms with Crippen molar-refractivity contribution < 1.29 is 12.8 Å². The van der Waals surface area contributed by atoms with E-state index in [1.807, 2.05) is 26.8 Å². The van der Waals surface area contributed by atoms with Gasteiger partial charge in [0.1, 0.15) is 5.82 Å². The van der Waals surface area contributed by atoms with Gasteiger partial charge in [-0.3, -0.25) is 0 Å². The molecule has 1 aliphatic rings. The van der Waals surface area contributed by atoms with Crippen LogP contribution in [0.4, 0.5) is 4.39 Å². The van der Waals surface area contributed by atoms with Gasteiger partial charge >= 0.3 is 0 Å². The number of halogens is 1. The lowest BCUT2D eigenvalue weighted by Gasteiger charge is -2.30. The zero-order valence-electron chi connectivity index (χ0n) is 13.1. The number of hydrogen-bond donors (Lipinski definition) is 1. The fourth-order valence-corrected chi connectivity index (χ4v) is 4.42. The van der Waals surface area contributed by atoms with E-state index in [0.717, 1.165) is 18.4 Å². The Hall–Kier alpha value is -0.940. The van der Waals surface area contributed by atoms with Gasteiger partial charge in [-0.05, 0) is 37.5 Å². The maximum atomic E-state index is 13.4. The first kappa shape index (κ1) is 16.4. The van der Waals surface area contributed by atoms with Gasteiger partial charge in [0.25, 0.3) is 0 Å². The summed E-state index contributed by atoms with van der Waals surface area (Å²) in [5, 5.41) is 3.35. The smallest absolute Gasteiger partial charge is 0.154 e. The molecule has 118 valence electrons. The van der Waals surface area contributed by atoms with Gasteiger partial charge in [-0.15, -0.1) is 0 Å². The van der Waals surface area contributed by atoms with Crippen LogP contribution in [0.3, 0.4) is 0 Å². The molecular weight excluding hydrogens is 289 g/mol. The Kier molecular flexibility index (Phi) is 4.19. The normalized spacial score (nSPS) is 19.3. The molecule has 1 atom stereocenters. The van der Waals surface area contributed by atoms with E-state index in [4.69, 9.17) is 0 Å². The van der Waals surface area contributed by atoms with Gasteiger partial charge in [-0.25, -0.2) is 12.8 Å². The quantitative estimate of drug-likeness (QED) is 0.878. The summed E-state index contributed by atoms with van der Waals surface area (Å²) in [5.74, 6) is -0.247. The third kappa shape index (κ3) is 3.29. The predicted octanol–water partition coefficient (Wildman–Crippen LogP) is 2.66. The minimum atomic E-state index is -3.05. The van der Waals surface area contributed by atoms with Gasteiger partial charge < -0.3 is 5.32 Å². The highest BCUT2D eigenvalue weighted by atomic mass is 32.2. The summed E-state index contributed by atoms with van der Waals surface area (Å²) in [6.45, 7) is 6.59. The summed E-state index contributed by atoms with van der Waals surface area (Å²) >= 11 is 0. The van der Waals surface area contributed by atoms with Gasteiger partial charge in [0, 0.05) is 24.3 Å². The number of sulfone groups is 1. The minimum Gasteiger partial charge on any atom is -0.312 e. The molecule has 0 saturated heterocycles. The standard InChI is InChI=1S/C16H24FNO2S/c1-12(16(8-9-16)21(4,19)20)18-11-15(2,3)13-6-5-7-14(17)10-13/h5-7,10,12,18H,8-9,11H2,1-4H3. The molecule has 0 amide bonds. The van der Waals surface area contributed by atoms with Gasteiger partial charge in [0.05, 0.1) is 4.75 Å². The molecular formula is C16H24FNO2S. The molecule has 1 aromatic rings. The van der Waals surface area contributed by atoms with Crippen molar-refractivity contribution in [3.8, 4) is 0 Å². The van der Waals surface area contributed by atoms with Crippen LogP contribution < -0.4 is 5.32 Å². The Labute approximate surface area is 126 Å². The lowest BCUT2D eigenvalue weighted by atomic mass is 9.84. The lowest BCUT2D eigenvalue weighted by Crippen LogP contribution is -2.47. The van der Waals surface area contributed by atoms with E-state index in [-0.39, 0.29) is 17.3 Å². The predicted molar refractivity (Wildman–Crippen MR) is 83.7 cm³/mol. The fraction of sp³-hybridized carbons (Fsp3) is 0.625. The van der Waals surface area contributed by atoms with Crippen LogP contribution in [0.25, 0.3) is 0 Å². The highest BCUT2D eigenvalue weighted by molar-refractivity contribution is 7.92.